The van der Waals surface area contributed by atoms with Crippen molar-refractivity contribution in [2.75, 3.05) is 31.1 Å². The fourth-order valence-electron chi connectivity index (χ4n) is 4.05. The SMILES string of the molecule is O=C(c1cc(N2CCC(n3ccnc3)CC2)ccc1[N+](=O)[O-])N1CCCC1. The maximum Gasteiger partial charge on any atom is 0.282 e. The van der Waals surface area contributed by atoms with Crippen molar-refractivity contribution in [1.82, 2.24) is 14.5 Å². The van der Waals surface area contributed by atoms with Gasteiger partial charge in [-0.2, -0.15) is 0 Å². The summed E-state index contributed by atoms with van der Waals surface area (Å²) in [6.07, 6.45) is 9.49. The molecule has 2 fully saturated rings. The Labute approximate surface area is 157 Å². The van der Waals surface area contributed by atoms with Crippen LogP contribution in [0.25, 0.3) is 0 Å². The number of nitrogens with zero attached hydrogens (tertiary/aromatic N) is 5. The third-order valence-electron chi connectivity index (χ3n) is 5.58. The van der Waals surface area contributed by atoms with Crippen LogP contribution in [0.3, 0.4) is 0 Å². The summed E-state index contributed by atoms with van der Waals surface area (Å²) in [5.41, 5.74) is 0.979. The van der Waals surface area contributed by atoms with E-state index in [-0.39, 0.29) is 17.2 Å². The van der Waals surface area contributed by atoms with Gasteiger partial charge >= 0.3 is 0 Å². The Morgan fingerprint density at radius 3 is 2.52 bits per heavy atom. The lowest BCUT2D eigenvalue weighted by Gasteiger charge is -2.34. The molecule has 0 bridgehead atoms. The molecular formula is C19H23N5O3. The first-order chi connectivity index (χ1) is 13.1. The van der Waals surface area contributed by atoms with Gasteiger partial charge in [0, 0.05) is 56.4 Å². The number of carbonyl (C=O) groups excluding carboxylic acids is 1. The van der Waals surface area contributed by atoms with Crippen LogP contribution in [-0.2, 0) is 0 Å². The topological polar surface area (TPSA) is 84.5 Å². The van der Waals surface area contributed by atoms with Crippen molar-refractivity contribution < 1.29 is 9.72 Å². The third kappa shape index (κ3) is 3.51. The van der Waals surface area contributed by atoms with E-state index < -0.39 is 4.92 Å². The Morgan fingerprint density at radius 2 is 1.89 bits per heavy atom. The zero-order chi connectivity index (χ0) is 18.8. The summed E-state index contributed by atoms with van der Waals surface area (Å²) in [7, 11) is 0. The third-order valence-corrected chi connectivity index (χ3v) is 5.58. The van der Waals surface area contributed by atoms with Crippen LogP contribution < -0.4 is 4.90 Å². The van der Waals surface area contributed by atoms with Crippen molar-refractivity contribution in [1.29, 1.82) is 0 Å². The van der Waals surface area contributed by atoms with E-state index in [0.29, 0.717) is 19.1 Å². The summed E-state index contributed by atoms with van der Waals surface area (Å²) in [6, 6.07) is 5.36. The fourth-order valence-corrected chi connectivity index (χ4v) is 4.05. The molecule has 0 unspecified atom stereocenters. The highest BCUT2D eigenvalue weighted by Gasteiger charge is 2.28. The second-order valence-electron chi connectivity index (χ2n) is 7.19. The molecule has 3 heterocycles. The molecule has 8 heteroatoms. The van der Waals surface area contributed by atoms with Gasteiger partial charge in [0.05, 0.1) is 11.3 Å². The average molecular weight is 369 g/mol. The Bertz CT molecular complexity index is 822. The van der Waals surface area contributed by atoms with Gasteiger partial charge in [-0.25, -0.2) is 4.98 Å². The van der Waals surface area contributed by atoms with Crippen LogP contribution in [0.15, 0.2) is 36.9 Å². The molecule has 2 aromatic rings. The van der Waals surface area contributed by atoms with Crippen molar-refractivity contribution in [3.8, 4) is 0 Å². The summed E-state index contributed by atoms with van der Waals surface area (Å²) in [4.78, 5) is 31.8. The van der Waals surface area contributed by atoms with Crippen LogP contribution in [0.1, 0.15) is 42.1 Å². The number of hydrogen-bond donors (Lipinski definition) is 0. The molecule has 1 amide bonds. The molecule has 0 aliphatic carbocycles. The highest BCUT2D eigenvalue weighted by atomic mass is 16.6. The lowest BCUT2D eigenvalue weighted by molar-refractivity contribution is -0.385. The van der Waals surface area contributed by atoms with Gasteiger partial charge in [0.1, 0.15) is 5.56 Å². The Morgan fingerprint density at radius 1 is 1.15 bits per heavy atom. The standard InChI is InChI=1S/C19H23N5O3/c25-19(22-8-1-2-9-22)17-13-16(3-4-18(17)24(26)27)21-10-5-15(6-11-21)23-12-7-20-14-23/h3-4,7,12-15H,1-2,5-6,8-11H2. The summed E-state index contributed by atoms with van der Waals surface area (Å²) in [6.45, 7) is 3.04. The highest BCUT2D eigenvalue weighted by Crippen LogP contribution is 2.31. The molecule has 4 rings (SSSR count). The van der Waals surface area contributed by atoms with E-state index in [1.165, 1.54) is 6.07 Å². The van der Waals surface area contributed by atoms with E-state index in [9.17, 15) is 14.9 Å². The van der Waals surface area contributed by atoms with Gasteiger partial charge in [-0.3, -0.25) is 14.9 Å². The van der Waals surface area contributed by atoms with Crippen LogP contribution in [0.4, 0.5) is 11.4 Å². The number of carbonyl (C=O) groups is 1. The molecule has 1 aromatic carbocycles. The minimum Gasteiger partial charge on any atom is -0.371 e. The van der Waals surface area contributed by atoms with E-state index in [4.69, 9.17) is 0 Å². The summed E-state index contributed by atoms with van der Waals surface area (Å²) >= 11 is 0. The quantitative estimate of drug-likeness (QED) is 0.611. The van der Waals surface area contributed by atoms with Crippen LogP contribution in [-0.4, -0.2) is 51.5 Å². The number of nitro benzene ring substituents is 1. The molecule has 8 nitrogen and oxygen atoms in total. The molecule has 142 valence electrons. The number of aromatic nitrogens is 2. The first-order valence-electron chi connectivity index (χ1n) is 9.43. The monoisotopic (exact) mass is 369 g/mol. The van der Waals surface area contributed by atoms with Gasteiger partial charge in [-0.1, -0.05) is 0 Å². The average Bonchev–Trinajstić information content (AvgIpc) is 3.41. The Hall–Kier alpha value is -2.90. The lowest BCUT2D eigenvalue weighted by atomic mass is 10.0. The first kappa shape index (κ1) is 17.5. The molecule has 2 saturated heterocycles. The second-order valence-corrected chi connectivity index (χ2v) is 7.19. The molecule has 1 aromatic heterocycles. The number of piperidine rings is 1. The van der Waals surface area contributed by atoms with Crippen molar-refractivity contribution in [3.63, 3.8) is 0 Å². The molecular weight excluding hydrogens is 346 g/mol. The molecule has 2 aliphatic heterocycles. The van der Waals surface area contributed by atoms with Crippen molar-refractivity contribution in [3.05, 3.63) is 52.6 Å². The number of anilines is 1. The van der Waals surface area contributed by atoms with E-state index in [0.717, 1.165) is 44.5 Å². The molecule has 0 saturated carbocycles. The number of amides is 1. The van der Waals surface area contributed by atoms with Crippen molar-refractivity contribution in [2.45, 2.75) is 31.7 Å². The molecule has 0 N–H and O–H groups in total. The smallest absolute Gasteiger partial charge is 0.282 e. The van der Waals surface area contributed by atoms with E-state index in [1.807, 2.05) is 12.5 Å². The predicted molar refractivity (Wildman–Crippen MR) is 101 cm³/mol. The van der Waals surface area contributed by atoms with Gasteiger partial charge in [0.2, 0.25) is 0 Å². The zero-order valence-electron chi connectivity index (χ0n) is 15.2. The molecule has 27 heavy (non-hydrogen) atoms. The Kier molecular flexibility index (Phi) is 4.79. The molecule has 2 aliphatic rings. The maximum atomic E-state index is 12.8. The van der Waals surface area contributed by atoms with Crippen molar-refractivity contribution in [2.24, 2.45) is 0 Å². The predicted octanol–water partition coefficient (Wildman–Crippen LogP) is 2.87. The summed E-state index contributed by atoms with van der Waals surface area (Å²) in [5.74, 6) is -0.227. The van der Waals surface area contributed by atoms with E-state index in [2.05, 4.69) is 14.5 Å². The number of hydrogen-bond acceptors (Lipinski definition) is 5. The largest absolute Gasteiger partial charge is 0.371 e. The van der Waals surface area contributed by atoms with Gasteiger partial charge in [0.15, 0.2) is 0 Å². The molecule has 0 atom stereocenters. The zero-order valence-corrected chi connectivity index (χ0v) is 15.2. The number of benzene rings is 1. The van der Waals surface area contributed by atoms with Crippen LogP contribution in [0.5, 0.6) is 0 Å². The van der Waals surface area contributed by atoms with Crippen LogP contribution in [0, 0.1) is 10.1 Å². The number of nitro groups is 1. The number of imidazole rings is 1. The van der Waals surface area contributed by atoms with Gasteiger partial charge in [0.25, 0.3) is 11.6 Å². The second kappa shape index (κ2) is 7.38. The summed E-state index contributed by atoms with van der Waals surface area (Å²) < 4.78 is 2.13. The fraction of sp³-hybridized carbons (Fsp3) is 0.474. The molecule has 0 spiro atoms. The van der Waals surface area contributed by atoms with Gasteiger partial charge < -0.3 is 14.4 Å². The minimum atomic E-state index is -0.460. The summed E-state index contributed by atoms with van der Waals surface area (Å²) in [5, 5.41) is 11.4. The van der Waals surface area contributed by atoms with E-state index >= 15 is 0 Å². The van der Waals surface area contributed by atoms with Gasteiger partial charge in [-0.05, 0) is 37.8 Å². The van der Waals surface area contributed by atoms with Crippen molar-refractivity contribution >= 4 is 17.3 Å². The normalized spacial score (nSPS) is 18.1. The van der Waals surface area contributed by atoms with Gasteiger partial charge in [-0.15, -0.1) is 0 Å². The number of likely N-dealkylation sites (tertiary alicyclic amines) is 1. The van der Waals surface area contributed by atoms with Crippen LogP contribution in [0.2, 0.25) is 0 Å². The molecule has 0 radical (unpaired) electrons. The first-order valence-corrected chi connectivity index (χ1v) is 9.43. The van der Waals surface area contributed by atoms with E-state index in [1.54, 1.807) is 23.2 Å². The maximum absolute atomic E-state index is 12.8. The van der Waals surface area contributed by atoms with Crippen LogP contribution >= 0.6 is 0 Å². The highest BCUT2D eigenvalue weighted by molar-refractivity contribution is 5.99. The lowest BCUT2D eigenvalue weighted by Crippen LogP contribution is -2.35. The Balaban J connectivity index is 1.54. The minimum absolute atomic E-state index is 0.107. The number of rotatable bonds is 4.